The molecule has 5 nitrogen and oxygen atoms in total. The van der Waals surface area contributed by atoms with Crippen molar-refractivity contribution in [2.24, 2.45) is 16.7 Å². The van der Waals surface area contributed by atoms with E-state index in [-0.39, 0.29) is 22.8 Å². The molecule has 4 aliphatic rings. The Balaban J connectivity index is 1.38. The van der Waals surface area contributed by atoms with Crippen LogP contribution in [0.2, 0.25) is 0 Å². The molecule has 1 aromatic heterocycles. The van der Waals surface area contributed by atoms with Gasteiger partial charge in [0.15, 0.2) is 0 Å². The summed E-state index contributed by atoms with van der Waals surface area (Å²) in [5.74, 6) is 0.0666. The Labute approximate surface area is 213 Å². The third kappa shape index (κ3) is 3.33. The van der Waals surface area contributed by atoms with Crippen LogP contribution >= 0.6 is 0 Å². The van der Waals surface area contributed by atoms with Crippen molar-refractivity contribution in [2.75, 3.05) is 14.1 Å². The monoisotopic (exact) mass is 486 g/mol. The zero-order valence-corrected chi connectivity index (χ0v) is 21.8. The molecule has 1 saturated carbocycles. The minimum absolute atomic E-state index is 0.0666. The number of hydrogen-bond acceptors (Lipinski definition) is 5. The molecule has 0 radical (unpaired) electrons. The lowest BCUT2D eigenvalue weighted by Crippen LogP contribution is -2.55. The summed E-state index contributed by atoms with van der Waals surface area (Å²) in [7, 11) is 3.93. The van der Waals surface area contributed by atoms with Crippen LogP contribution in [0, 0.1) is 16.7 Å². The molecule has 1 fully saturated rings. The van der Waals surface area contributed by atoms with Crippen LogP contribution in [-0.4, -0.2) is 63.1 Å². The molecule has 0 amide bonds. The van der Waals surface area contributed by atoms with E-state index in [1.165, 1.54) is 16.5 Å². The molecule has 190 valence electrons. The van der Waals surface area contributed by atoms with E-state index in [0.29, 0.717) is 6.42 Å². The Morgan fingerprint density at radius 1 is 1.03 bits per heavy atom. The molecule has 2 aromatic rings. The molecule has 1 heterocycles. The van der Waals surface area contributed by atoms with Gasteiger partial charge in [0.25, 0.3) is 0 Å². The molecule has 36 heavy (non-hydrogen) atoms. The van der Waals surface area contributed by atoms with Gasteiger partial charge in [-0.3, -0.25) is 4.98 Å². The fraction of sp³-hybridized carbons (Fsp3) is 0.516. The van der Waals surface area contributed by atoms with Crippen LogP contribution in [0.1, 0.15) is 51.5 Å². The molecule has 1 aromatic carbocycles. The maximum Gasteiger partial charge on any atom is 0.103 e. The number of pyridine rings is 1. The van der Waals surface area contributed by atoms with Crippen LogP contribution < -0.4 is 0 Å². The predicted octanol–water partition coefficient (Wildman–Crippen LogP) is 4.49. The third-order valence-corrected chi connectivity index (χ3v) is 10.1. The number of allylic oxidation sites excluding steroid dienone is 3. The number of benzene rings is 1. The highest BCUT2D eigenvalue weighted by Crippen LogP contribution is 2.62. The molecule has 0 saturated heterocycles. The third-order valence-electron chi connectivity index (χ3n) is 10.1. The van der Waals surface area contributed by atoms with Gasteiger partial charge in [-0.15, -0.1) is 0 Å². The molecule has 0 bridgehead atoms. The van der Waals surface area contributed by atoms with Crippen LogP contribution in [0.4, 0.5) is 0 Å². The Morgan fingerprint density at radius 2 is 1.83 bits per heavy atom. The van der Waals surface area contributed by atoms with E-state index in [1.807, 2.05) is 43.5 Å². The van der Waals surface area contributed by atoms with Crippen LogP contribution in [0.15, 0.2) is 66.0 Å². The first-order valence-corrected chi connectivity index (χ1v) is 13.3. The first-order chi connectivity index (χ1) is 17.1. The fourth-order valence-electron chi connectivity index (χ4n) is 7.87. The Kier molecular flexibility index (Phi) is 5.41. The number of hydrogen-bond donors (Lipinski definition) is 3. The number of nitrogens with zero attached hydrogens (tertiary/aromatic N) is 2. The van der Waals surface area contributed by atoms with Gasteiger partial charge in [-0.25, -0.2) is 0 Å². The molecule has 0 aliphatic heterocycles. The largest absolute Gasteiger partial charge is 0.388 e. The highest BCUT2D eigenvalue weighted by atomic mass is 16.3. The van der Waals surface area contributed by atoms with E-state index in [0.717, 1.165) is 42.2 Å². The Hall–Kier alpha value is -2.31. The molecule has 4 aliphatic carbocycles. The van der Waals surface area contributed by atoms with Gasteiger partial charge in [-0.2, -0.15) is 0 Å². The summed E-state index contributed by atoms with van der Waals surface area (Å²) in [5.41, 5.74) is 2.93. The predicted molar refractivity (Wildman–Crippen MR) is 143 cm³/mol. The second-order valence-electron chi connectivity index (χ2n) is 12.4. The van der Waals surface area contributed by atoms with Gasteiger partial charge in [-0.1, -0.05) is 44.2 Å². The van der Waals surface area contributed by atoms with E-state index in [4.69, 9.17) is 0 Å². The number of fused-ring (bicyclic) bond motifs is 5. The summed E-state index contributed by atoms with van der Waals surface area (Å²) in [6.07, 6.45) is 12.5. The van der Waals surface area contributed by atoms with Gasteiger partial charge in [0.05, 0.1) is 11.7 Å². The summed E-state index contributed by atoms with van der Waals surface area (Å²) in [5, 5.41) is 36.9. The zero-order chi connectivity index (χ0) is 25.5. The number of aliphatic hydroxyl groups excluding tert-OH is 2. The van der Waals surface area contributed by atoms with Crippen LogP contribution in [0.25, 0.3) is 16.3 Å². The van der Waals surface area contributed by atoms with Gasteiger partial charge in [0.1, 0.15) is 6.10 Å². The number of aliphatic hydroxyl groups is 3. The summed E-state index contributed by atoms with van der Waals surface area (Å²) in [4.78, 5) is 6.33. The van der Waals surface area contributed by atoms with E-state index < -0.39 is 17.8 Å². The van der Waals surface area contributed by atoms with E-state index in [9.17, 15) is 15.3 Å². The lowest BCUT2D eigenvalue weighted by Gasteiger charge is -2.49. The smallest absolute Gasteiger partial charge is 0.103 e. The lowest BCUT2D eigenvalue weighted by atomic mass is 9.58. The minimum atomic E-state index is -0.963. The first-order valence-electron chi connectivity index (χ1n) is 13.3. The molecule has 0 spiro atoms. The van der Waals surface area contributed by atoms with Gasteiger partial charge >= 0.3 is 0 Å². The second-order valence-corrected chi connectivity index (χ2v) is 12.4. The summed E-state index contributed by atoms with van der Waals surface area (Å²) < 4.78 is 0. The number of rotatable bonds is 2. The highest BCUT2D eigenvalue weighted by molar-refractivity contribution is 5.87. The summed E-state index contributed by atoms with van der Waals surface area (Å²) >= 11 is 0. The maximum atomic E-state index is 12.4. The fourth-order valence-corrected chi connectivity index (χ4v) is 7.87. The zero-order valence-electron chi connectivity index (χ0n) is 21.8. The summed E-state index contributed by atoms with van der Waals surface area (Å²) in [6, 6.07) is 8.52. The molecule has 6 rings (SSSR count). The molecule has 3 N–H and O–H groups in total. The standard InChI is InChI=1S/C31H38N2O3/c1-29-12-13-31(36)22(16-24(29)27(34)28(35)25(17-29)33(3)4)9-11-30(2)23(7-8-26(30)31)20-6-5-19-10-14-32-18-21(19)15-20/h5-7,9-10,14-16,18,25-28,34-36H,8,11-13,17H2,1-4H3/t25-,26+,27+,28+,29-,30+,31+/m0/s1. The molecule has 7 atom stereocenters. The van der Waals surface area contributed by atoms with Crippen LogP contribution in [-0.2, 0) is 0 Å². The maximum absolute atomic E-state index is 12.4. The minimum Gasteiger partial charge on any atom is -0.388 e. The quantitative estimate of drug-likeness (QED) is 0.583. The first kappa shape index (κ1) is 24.1. The van der Waals surface area contributed by atoms with Gasteiger partial charge < -0.3 is 20.2 Å². The number of aromatic nitrogens is 1. The van der Waals surface area contributed by atoms with Crippen LogP contribution in [0.3, 0.4) is 0 Å². The second kappa shape index (κ2) is 8.09. The Morgan fingerprint density at radius 3 is 2.61 bits per heavy atom. The lowest BCUT2D eigenvalue weighted by molar-refractivity contribution is -0.0642. The van der Waals surface area contributed by atoms with Crippen molar-refractivity contribution >= 4 is 16.3 Å². The highest BCUT2D eigenvalue weighted by Gasteiger charge is 2.58. The average molecular weight is 487 g/mol. The van der Waals surface area contributed by atoms with E-state index >= 15 is 0 Å². The molecular formula is C31H38N2O3. The van der Waals surface area contributed by atoms with Crippen molar-refractivity contribution < 1.29 is 15.3 Å². The molecule has 5 heteroatoms. The number of likely N-dealkylation sites (N-methyl/N-ethyl adjacent to an activating group) is 1. The van der Waals surface area contributed by atoms with E-state index in [2.05, 4.69) is 49.2 Å². The van der Waals surface area contributed by atoms with Crippen molar-refractivity contribution in [1.82, 2.24) is 9.88 Å². The van der Waals surface area contributed by atoms with Gasteiger partial charge in [-0.05, 0) is 91.4 Å². The normalized spacial score (nSPS) is 40.1. The van der Waals surface area contributed by atoms with Crippen molar-refractivity contribution in [3.05, 3.63) is 71.6 Å². The topological polar surface area (TPSA) is 76.8 Å². The molecule has 0 unspecified atom stereocenters. The van der Waals surface area contributed by atoms with Crippen molar-refractivity contribution in [2.45, 2.75) is 69.8 Å². The van der Waals surface area contributed by atoms with Gasteiger partial charge in [0.2, 0.25) is 0 Å². The van der Waals surface area contributed by atoms with Crippen molar-refractivity contribution in [3.8, 4) is 0 Å². The molecular weight excluding hydrogens is 448 g/mol. The summed E-state index contributed by atoms with van der Waals surface area (Å²) in [6.45, 7) is 4.51. The van der Waals surface area contributed by atoms with Crippen LogP contribution in [0.5, 0.6) is 0 Å². The van der Waals surface area contributed by atoms with E-state index in [1.54, 1.807) is 0 Å². The Bertz CT molecular complexity index is 1310. The van der Waals surface area contributed by atoms with Crippen molar-refractivity contribution in [1.29, 1.82) is 0 Å². The van der Waals surface area contributed by atoms with Crippen molar-refractivity contribution in [3.63, 3.8) is 0 Å². The SMILES string of the molecule is CN(C)[C@H]1C[C@]2(C)CC[C@@]3(O)C(=CC[C@]4(C)C(c5ccc6ccncc6c5)=CC[C@@H]34)C=C2[C@@H](O)[C@@H]1O. The van der Waals surface area contributed by atoms with Gasteiger partial charge in [0, 0.05) is 35.2 Å². The average Bonchev–Trinajstić information content (AvgIpc) is 3.16.